The van der Waals surface area contributed by atoms with Gasteiger partial charge in [-0.1, -0.05) is 6.42 Å². The van der Waals surface area contributed by atoms with E-state index < -0.39 is 6.03 Å². The number of urea groups is 1. The Morgan fingerprint density at radius 3 is 2.61 bits per heavy atom. The third-order valence-electron chi connectivity index (χ3n) is 4.90. The summed E-state index contributed by atoms with van der Waals surface area (Å²) in [6.07, 6.45) is 6.59. The quantitative estimate of drug-likeness (QED) is 0.763. The van der Waals surface area contributed by atoms with Crippen molar-refractivity contribution in [2.45, 2.75) is 50.6 Å². The number of carbonyl (C=O) groups excluding carboxylic acids is 2. The van der Waals surface area contributed by atoms with Gasteiger partial charge >= 0.3 is 6.03 Å². The van der Waals surface area contributed by atoms with E-state index in [-0.39, 0.29) is 11.9 Å². The van der Waals surface area contributed by atoms with Crippen LogP contribution < -0.4 is 11.1 Å². The molecule has 2 saturated carbocycles. The lowest BCUT2D eigenvalue weighted by atomic mass is 9.95. The fourth-order valence-electron chi connectivity index (χ4n) is 4.00. The van der Waals surface area contributed by atoms with Crippen LogP contribution in [0.3, 0.4) is 0 Å². The lowest BCUT2D eigenvalue weighted by molar-refractivity contribution is -0.125. The first kappa shape index (κ1) is 11.8. The second-order valence-electron chi connectivity index (χ2n) is 5.98. The van der Waals surface area contributed by atoms with Crippen LogP contribution in [0, 0.1) is 11.8 Å². The van der Waals surface area contributed by atoms with Gasteiger partial charge in [0.05, 0.1) is 0 Å². The maximum atomic E-state index is 12.2. The number of amides is 3. The minimum absolute atomic E-state index is 0.00356. The minimum atomic E-state index is -0.472. The van der Waals surface area contributed by atoms with Crippen LogP contribution >= 0.6 is 0 Å². The highest BCUT2D eigenvalue weighted by molar-refractivity contribution is 5.87. The third-order valence-corrected chi connectivity index (χ3v) is 4.90. The van der Waals surface area contributed by atoms with E-state index in [0.29, 0.717) is 18.5 Å². The molecule has 0 spiro atoms. The van der Waals surface area contributed by atoms with E-state index >= 15 is 0 Å². The standard InChI is InChI=1S/C13H21N3O2/c14-13(18)16-5-1-2-11(16)12(17)15-10-7-8-3-4-9(10)6-8/h8-11H,1-7H2,(H2,14,18)(H,15,17)/t8?,9?,10?,11-/m0/s1. The van der Waals surface area contributed by atoms with E-state index in [2.05, 4.69) is 5.32 Å². The molecule has 2 bridgehead atoms. The van der Waals surface area contributed by atoms with Gasteiger partial charge in [-0.05, 0) is 43.9 Å². The van der Waals surface area contributed by atoms with Crippen LogP contribution in [0.4, 0.5) is 4.79 Å². The zero-order chi connectivity index (χ0) is 12.7. The first-order valence-corrected chi connectivity index (χ1v) is 7.01. The van der Waals surface area contributed by atoms with Crippen LogP contribution in [0.15, 0.2) is 0 Å². The largest absolute Gasteiger partial charge is 0.351 e. The molecule has 0 aromatic carbocycles. The van der Waals surface area contributed by atoms with E-state index in [9.17, 15) is 9.59 Å². The van der Waals surface area contributed by atoms with Crippen molar-refractivity contribution in [3.05, 3.63) is 0 Å². The van der Waals surface area contributed by atoms with Gasteiger partial charge in [0.2, 0.25) is 5.91 Å². The van der Waals surface area contributed by atoms with Crippen molar-refractivity contribution in [3.8, 4) is 0 Å². The molecule has 100 valence electrons. The Kier molecular flexibility index (Phi) is 2.92. The summed E-state index contributed by atoms with van der Waals surface area (Å²) in [5.74, 6) is 1.49. The van der Waals surface area contributed by atoms with E-state index in [1.54, 1.807) is 0 Å². The second kappa shape index (κ2) is 4.44. The summed E-state index contributed by atoms with van der Waals surface area (Å²) in [6, 6.07) is -0.464. The Hall–Kier alpha value is -1.26. The molecule has 1 aliphatic heterocycles. The number of rotatable bonds is 2. The van der Waals surface area contributed by atoms with Gasteiger partial charge in [-0.2, -0.15) is 0 Å². The average molecular weight is 251 g/mol. The van der Waals surface area contributed by atoms with Gasteiger partial charge in [0.25, 0.3) is 0 Å². The molecular weight excluding hydrogens is 230 g/mol. The first-order valence-electron chi connectivity index (χ1n) is 7.01. The minimum Gasteiger partial charge on any atom is -0.351 e. The predicted molar refractivity (Wildman–Crippen MR) is 66.7 cm³/mol. The van der Waals surface area contributed by atoms with Crippen molar-refractivity contribution in [1.82, 2.24) is 10.2 Å². The summed E-state index contributed by atoms with van der Waals surface area (Å²) in [4.78, 5) is 25.0. The van der Waals surface area contributed by atoms with Gasteiger partial charge in [-0.15, -0.1) is 0 Å². The number of nitrogens with two attached hydrogens (primary N) is 1. The predicted octanol–water partition coefficient (Wildman–Crippen LogP) is 0.834. The molecule has 18 heavy (non-hydrogen) atoms. The number of primary amides is 1. The van der Waals surface area contributed by atoms with Gasteiger partial charge in [-0.3, -0.25) is 4.79 Å². The molecule has 3 fully saturated rings. The topological polar surface area (TPSA) is 75.4 Å². The number of fused-ring (bicyclic) bond motifs is 2. The molecule has 3 aliphatic rings. The van der Waals surface area contributed by atoms with E-state index in [0.717, 1.165) is 25.2 Å². The molecule has 2 aliphatic carbocycles. The van der Waals surface area contributed by atoms with E-state index in [4.69, 9.17) is 5.73 Å². The number of hydrogen-bond donors (Lipinski definition) is 2. The zero-order valence-electron chi connectivity index (χ0n) is 10.6. The van der Waals surface area contributed by atoms with Crippen molar-refractivity contribution in [2.75, 3.05) is 6.54 Å². The fourth-order valence-corrected chi connectivity index (χ4v) is 4.00. The molecule has 0 aromatic rings. The number of hydrogen-bond acceptors (Lipinski definition) is 2. The second-order valence-corrected chi connectivity index (χ2v) is 5.98. The highest BCUT2D eigenvalue weighted by Gasteiger charge is 2.42. The van der Waals surface area contributed by atoms with Crippen LogP contribution in [0.2, 0.25) is 0 Å². The number of carbonyl (C=O) groups is 2. The van der Waals surface area contributed by atoms with Crippen molar-refractivity contribution >= 4 is 11.9 Å². The van der Waals surface area contributed by atoms with Gasteiger partial charge in [0.15, 0.2) is 0 Å². The third kappa shape index (κ3) is 1.95. The Bertz CT molecular complexity index is 371. The molecule has 0 aromatic heterocycles. The Labute approximate surface area is 107 Å². The Morgan fingerprint density at radius 2 is 2.00 bits per heavy atom. The summed E-state index contributed by atoms with van der Waals surface area (Å²) in [7, 11) is 0. The highest BCUT2D eigenvalue weighted by Crippen LogP contribution is 2.44. The molecule has 1 saturated heterocycles. The lowest BCUT2D eigenvalue weighted by Crippen LogP contribution is -2.51. The molecule has 0 radical (unpaired) electrons. The summed E-state index contributed by atoms with van der Waals surface area (Å²) in [6.45, 7) is 0.615. The molecule has 3 amide bonds. The van der Waals surface area contributed by atoms with Crippen LogP contribution in [-0.4, -0.2) is 35.5 Å². The summed E-state index contributed by atoms with van der Waals surface area (Å²) in [5, 5.41) is 3.15. The molecule has 3 rings (SSSR count). The molecule has 1 heterocycles. The fraction of sp³-hybridized carbons (Fsp3) is 0.846. The van der Waals surface area contributed by atoms with Gasteiger partial charge in [0, 0.05) is 12.6 Å². The van der Waals surface area contributed by atoms with Crippen molar-refractivity contribution in [2.24, 2.45) is 17.6 Å². The van der Waals surface area contributed by atoms with Crippen molar-refractivity contribution in [3.63, 3.8) is 0 Å². The van der Waals surface area contributed by atoms with Crippen LogP contribution in [-0.2, 0) is 4.79 Å². The summed E-state index contributed by atoms with van der Waals surface area (Å²) >= 11 is 0. The van der Waals surface area contributed by atoms with E-state index in [1.807, 2.05) is 0 Å². The SMILES string of the molecule is NC(=O)N1CCC[C@H]1C(=O)NC1CC2CCC1C2. The van der Waals surface area contributed by atoms with Crippen molar-refractivity contribution in [1.29, 1.82) is 0 Å². The van der Waals surface area contributed by atoms with E-state index in [1.165, 1.54) is 24.2 Å². The molecule has 5 heteroatoms. The van der Waals surface area contributed by atoms with Crippen LogP contribution in [0.25, 0.3) is 0 Å². The molecule has 3 unspecified atom stereocenters. The average Bonchev–Trinajstić information content (AvgIpc) is 3.04. The first-order chi connectivity index (χ1) is 8.65. The Balaban J connectivity index is 1.59. The smallest absolute Gasteiger partial charge is 0.315 e. The monoisotopic (exact) mass is 251 g/mol. The normalized spacial score (nSPS) is 38.1. The van der Waals surface area contributed by atoms with Crippen LogP contribution in [0.5, 0.6) is 0 Å². The molecule has 5 nitrogen and oxygen atoms in total. The maximum Gasteiger partial charge on any atom is 0.315 e. The zero-order valence-corrected chi connectivity index (χ0v) is 10.6. The highest BCUT2D eigenvalue weighted by atomic mass is 16.2. The van der Waals surface area contributed by atoms with Gasteiger partial charge < -0.3 is 16.0 Å². The summed E-state index contributed by atoms with van der Waals surface area (Å²) < 4.78 is 0. The number of nitrogens with one attached hydrogen (secondary N) is 1. The summed E-state index contributed by atoms with van der Waals surface area (Å²) in [5.41, 5.74) is 5.30. The molecular formula is C13H21N3O2. The lowest BCUT2D eigenvalue weighted by Gasteiger charge is -2.27. The number of likely N-dealkylation sites (tertiary alicyclic amines) is 1. The van der Waals surface area contributed by atoms with Gasteiger partial charge in [-0.25, -0.2) is 4.79 Å². The maximum absolute atomic E-state index is 12.2. The Morgan fingerprint density at radius 1 is 1.17 bits per heavy atom. The molecule has 4 atom stereocenters. The van der Waals surface area contributed by atoms with Gasteiger partial charge in [0.1, 0.15) is 6.04 Å². The van der Waals surface area contributed by atoms with Crippen molar-refractivity contribution < 1.29 is 9.59 Å². The van der Waals surface area contributed by atoms with Crippen LogP contribution in [0.1, 0.15) is 38.5 Å². The molecule has 3 N–H and O–H groups in total. The number of nitrogens with zero attached hydrogens (tertiary/aromatic N) is 1.